The van der Waals surface area contributed by atoms with E-state index < -0.39 is 5.82 Å². The van der Waals surface area contributed by atoms with Crippen molar-refractivity contribution >= 4 is 34.7 Å². The maximum Gasteiger partial charge on any atom is 0.227 e. The first-order valence-electron chi connectivity index (χ1n) is 8.28. The number of carbonyl (C=O) groups excluding carboxylic acids is 1. The van der Waals surface area contributed by atoms with E-state index in [4.69, 9.17) is 11.6 Å². The van der Waals surface area contributed by atoms with Gasteiger partial charge in [0.2, 0.25) is 5.91 Å². The van der Waals surface area contributed by atoms with Crippen LogP contribution in [0, 0.1) is 11.7 Å². The zero-order valence-corrected chi connectivity index (χ0v) is 14.5. The van der Waals surface area contributed by atoms with Crippen molar-refractivity contribution in [3.63, 3.8) is 0 Å². The minimum atomic E-state index is -0.432. The van der Waals surface area contributed by atoms with Crippen molar-refractivity contribution in [2.24, 2.45) is 5.92 Å². The van der Waals surface area contributed by atoms with Gasteiger partial charge in [0.1, 0.15) is 18.0 Å². The van der Waals surface area contributed by atoms with Crippen LogP contribution in [-0.4, -0.2) is 38.8 Å². The van der Waals surface area contributed by atoms with Crippen LogP contribution in [0.2, 0.25) is 5.02 Å². The lowest BCUT2D eigenvalue weighted by Crippen LogP contribution is -2.38. The Morgan fingerprint density at radius 3 is 2.81 bits per heavy atom. The first-order chi connectivity index (χ1) is 12.6. The molecule has 1 aliphatic rings. The molecule has 3 heterocycles. The summed E-state index contributed by atoms with van der Waals surface area (Å²) in [7, 11) is 0. The van der Waals surface area contributed by atoms with Crippen LogP contribution in [0.3, 0.4) is 0 Å². The van der Waals surface area contributed by atoms with Crippen molar-refractivity contribution in [1.82, 2.24) is 19.8 Å². The zero-order chi connectivity index (χ0) is 18.1. The minimum absolute atomic E-state index is 0.0969. The predicted molar refractivity (Wildman–Crippen MR) is 95.8 cm³/mol. The van der Waals surface area contributed by atoms with E-state index in [1.807, 2.05) is 12.1 Å². The van der Waals surface area contributed by atoms with Crippen molar-refractivity contribution in [3.8, 4) is 0 Å². The molecule has 1 saturated heterocycles. The van der Waals surface area contributed by atoms with E-state index in [2.05, 4.69) is 25.5 Å². The molecule has 26 heavy (non-hydrogen) atoms. The standard InChI is InChI=1S/C17H16ClFN6O/c18-13-9-12(19)1-2-14(13)21-17(26)11-5-7-24(8-6-11)16-4-3-15-22-20-10-25(15)23-16/h1-4,9-11H,5-8H2,(H,21,26). The van der Waals surface area contributed by atoms with Crippen LogP contribution in [0.25, 0.3) is 5.65 Å². The van der Waals surface area contributed by atoms with Crippen molar-refractivity contribution in [3.05, 3.63) is 47.5 Å². The highest BCUT2D eigenvalue weighted by molar-refractivity contribution is 6.33. The van der Waals surface area contributed by atoms with Gasteiger partial charge in [0, 0.05) is 19.0 Å². The second-order valence-electron chi connectivity index (χ2n) is 6.20. The Kier molecular flexibility index (Phi) is 4.42. The van der Waals surface area contributed by atoms with Gasteiger partial charge in [0.05, 0.1) is 10.7 Å². The number of nitrogens with zero attached hydrogens (tertiary/aromatic N) is 5. The summed E-state index contributed by atoms with van der Waals surface area (Å²) in [5.41, 5.74) is 1.12. The van der Waals surface area contributed by atoms with Crippen LogP contribution in [0.5, 0.6) is 0 Å². The van der Waals surface area contributed by atoms with Gasteiger partial charge in [0.15, 0.2) is 5.65 Å². The molecule has 0 bridgehead atoms. The first kappa shape index (κ1) is 16.7. The summed E-state index contributed by atoms with van der Waals surface area (Å²) in [5.74, 6) is 0.183. The molecular formula is C17H16ClFN6O. The molecule has 7 nitrogen and oxygen atoms in total. The van der Waals surface area contributed by atoms with Gasteiger partial charge >= 0.3 is 0 Å². The normalized spacial score (nSPS) is 15.4. The highest BCUT2D eigenvalue weighted by atomic mass is 35.5. The number of piperidine rings is 1. The lowest BCUT2D eigenvalue weighted by atomic mass is 9.96. The molecule has 1 aromatic carbocycles. The third-order valence-corrected chi connectivity index (χ3v) is 4.84. The molecule has 0 radical (unpaired) electrons. The van der Waals surface area contributed by atoms with E-state index in [1.165, 1.54) is 18.2 Å². The third kappa shape index (κ3) is 3.32. The van der Waals surface area contributed by atoms with Crippen LogP contribution in [0.4, 0.5) is 15.9 Å². The second kappa shape index (κ2) is 6.87. The topological polar surface area (TPSA) is 75.4 Å². The average molecular weight is 375 g/mol. The number of carbonyl (C=O) groups is 1. The Morgan fingerprint density at radius 2 is 2.04 bits per heavy atom. The molecule has 0 aliphatic carbocycles. The molecule has 0 saturated carbocycles. The maximum absolute atomic E-state index is 13.1. The molecule has 0 spiro atoms. The Morgan fingerprint density at radius 1 is 1.23 bits per heavy atom. The van der Waals surface area contributed by atoms with Crippen LogP contribution in [0.15, 0.2) is 36.7 Å². The fourth-order valence-electron chi connectivity index (χ4n) is 3.08. The van der Waals surface area contributed by atoms with Gasteiger partial charge in [-0.25, -0.2) is 4.39 Å². The number of anilines is 2. The van der Waals surface area contributed by atoms with Crippen LogP contribution < -0.4 is 10.2 Å². The number of amides is 1. The molecular weight excluding hydrogens is 359 g/mol. The Hall–Kier alpha value is -2.74. The van der Waals surface area contributed by atoms with Gasteiger partial charge in [-0.3, -0.25) is 4.79 Å². The van der Waals surface area contributed by atoms with Crippen molar-refractivity contribution < 1.29 is 9.18 Å². The maximum atomic E-state index is 13.1. The van der Waals surface area contributed by atoms with Crippen molar-refractivity contribution in [1.29, 1.82) is 0 Å². The number of nitrogens with one attached hydrogen (secondary N) is 1. The fourth-order valence-corrected chi connectivity index (χ4v) is 3.30. The van der Waals surface area contributed by atoms with E-state index in [-0.39, 0.29) is 16.8 Å². The largest absolute Gasteiger partial charge is 0.355 e. The number of rotatable bonds is 3. The molecule has 1 fully saturated rings. The van der Waals surface area contributed by atoms with E-state index in [0.29, 0.717) is 24.2 Å². The molecule has 2 aromatic heterocycles. The molecule has 4 rings (SSSR count). The summed E-state index contributed by atoms with van der Waals surface area (Å²) in [4.78, 5) is 14.6. The molecule has 1 N–H and O–H groups in total. The van der Waals surface area contributed by atoms with E-state index in [9.17, 15) is 9.18 Å². The van der Waals surface area contributed by atoms with E-state index >= 15 is 0 Å². The predicted octanol–water partition coefficient (Wildman–Crippen LogP) is 2.77. The highest BCUT2D eigenvalue weighted by Crippen LogP contribution is 2.26. The van der Waals surface area contributed by atoms with Crippen LogP contribution in [-0.2, 0) is 4.79 Å². The molecule has 1 aliphatic heterocycles. The Balaban J connectivity index is 1.38. The first-order valence-corrected chi connectivity index (χ1v) is 8.66. The van der Waals surface area contributed by atoms with E-state index in [1.54, 1.807) is 10.8 Å². The number of halogens is 2. The minimum Gasteiger partial charge on any atom is -0.355 e. The summed E-state index contributed by atoms with van der Waals surface area (Å²) >= 11 is 5.97. The molecule has 0 unspecified atom stereocenters. The summed E-state index contributed by atoms with van der Waals surface area (Å²) in [6.07, 6.45) is 2.96. The third-order valence-electron chi connectivity index (χ3n) is 4.53. The summed E-state index contributed by atoms with van der Waals surface area (Å²) in [5, 5.41) is 15.2. The summed E-state index contributed by atoms with van der Waals surface area (Å²) < 4.78 is 14.7. The van der Waals surface area contributed by atoms with Crippen molar-refractivity contribution in [2.75, 3.05) is 23.3 Å². The zero-order valence-electron chi connectivity index (χ0n) is 13.8. The number of aromatic nitrogens is 4. The SMILES string of the molecule is O=C(Nc1ccc(F)cc1Cl)C1CCN(c2ccc3nncn3n2)CC1. The molecule has 1 amide bonds. The Labute approximate surface area is 153 Å². The van der Waals surface area contributed by atoms with Crippen molar-refractivity contribution in [2.45, 2.75) is 12.8 Å². The van der Waals surface area contributed by atoms with Crippen LogP contribution in [0.1, 0.15) is 12.8 Å². The fraction of sp³-hybridized carbons (Fsp3) is 0.294. The molecule has 0 atom stereocenters. The van der Waals surface area contributed by atoms with Gasteiger partial charge in [-0.05, 0) is 43.2 Å². The quantitative estimate of drug-likeness (QED) is 0.763. The lowest BCUT2D eigenvalue weighted by Gasteiger charge is -2.32. The molecule has 9 heteroatoms. The summed E-state index contributed by atoms with van der Waals surface area (Å²) in [6.45, 7) is 1.44. The smallest absolute Gasteiger partial charge is 0.227 e. The number of hydrogen-bond donors (Lipinski definition) is 1. The second-order valence-corrected chi connectivity index (χ2v) is 6.61. The molecule has 3 aromatic rings. The van der Waals surface area contributed by atoms with Crippen LogP contribution >= 0.6 is 11.6 Å². The monoisotopic (exact) mass is 374 g/mol. The van der Waals surface area contributed by atoms with E-state index in [0.717, 1.165) is 18.9 Å². The summed E-state index contributed by atoms with van der Waals surface area (Å²) in [6, 6.07) is 7.71. The van der Waals surface area contributed by atoms with Gasteiger partial charge in [0.25, 0.3) is 0 Å². The Bertz CT molecular complexity index is 953. The van der Waals surface area contributed by atoms with Gasteiger partial charge in [-0.15, -0.1) is 15.3 Å². The highest BCUT2D eigenvalue weighted by Gasteiger charge is 2.26. The van der Waals surface area contributed by atoms with Gasteiger partial charge in [-0.1, -0.05) is 11.6 Å². The lowest BCUT2D eigenvalue weighted by molar-refractivity contribution is -0.120. The van der Waals surface area contributed by atoms with Gasteiger partial charge in [-0.2, -0.15) is 4.52 Å². The number of hydrogen-bond acceptors (Lipinski definition) is 5. The van der Waals surface area contributed by atoms with Gasteiger partial charge < -0.3 is 10.2 Å². The average Bonchev–Trinajstić information content (AvgIpc) is 3.12. The number of benzene rings is 1. The molecule has 134 valence electrons. The number of fused-ring (bicyclic) bond motifs is 1.